The van der Waals surface area contributed by atoms with Crippen molar-refractivity contribution in [1.29, 1.82) is 0 Å². The van der Waals surface area contributed by atoms with Crippen LogP contribution in [0.3, 0.4) is 0 Å². The van der Waals surface area contributed by atoms with Gasteiger partial charge in [-0.15, -0.1) is 0 Å². The largest absolute Gasteiger partial charge is 0.298 e. The zero-order valence-electron chi connectivity index (χ0n) is 26.9. The molecule has 0 radical (unpaired) electrons. The maximum Gasteiger partial charge on any atom is 0.298 e. The molecule has 0 aliphatic heterocycles. The summed E-state index contributed by atoms with van der Waals surface area (Å²) in [6, 6.07) is 0. The van der Waals surface area contributed by atoms with Gasteiger partial charge in [-0.25, -0.2) is 35.1 Å². The first-order valence-electron chi connectivity index (χ1n) is 16.4. The smallest absolute Gasteiger partial charge is 0.203 e. The Morgan fingerprint density at radius 1 is 0.500 bits per heavy atom. The Balaban J connectivity index is 0.000000188. The summed E-state index contributed by atoms with van der Waals surface area (Å²) in [6.45, 7) is 6.81. The van der Waals surface area contributed by atoms with Gasteiger partial charge in [-0.05, 0) is 72.9 Å². The quantitative estimate of drug-likeness (QED) is 0.241. The molecule has 48 heavy (non-hydrogen) atoms. The second-order valence-corrected chi connectivity index (χ2v) is 13.2. The SMILES string of the molecule is CCCC1=Cc2c3c(c(F)c(F)c2C1(F)F)C(F)(F)C(CCC)=C3.CCCC1Cc2c3c(c(F)c(F)c2C1(F)F)C(F)(F)C(CCC)C3. The van der Waals surface area contributed by atoms with Crippen LogP contribution < -0.4 is 0 Å². The number of alkyl halides is 8. The maximum atomic E-state index is 14.5. The molecular weight excluding hydrogens is 660 g/mol. The predicted molar refractivity (Wildman–Crippen MR) is 158 cm³/mol. The van der Waals surface area contributed by atoms with Gasteiger partial charge < -0.3 is 0 Å². The molecule has 0 saturated carbocycles. The van der Waals surface area contributed by atoms with Crippen molar-refractivity contribution in [2.45, 2.75) is 116 Å². The fraction of sp³-hybridized carbons (Fsp3) is 0.556. The molecule has 4 aliphatic carbocycles. The lowest BCUT2D eigenvalue weighted by Gasteiger charge is -2.21. The Bertz CT molecular complexity index is 1550. The zero-order chi connectivity index (χ0) is 35.7. The van der Waals surface area contributed by atoms with Crippen LogP contribution in [0, 0.1) is 35.1 Å². The van der Waals surface area contributed by atoms with Crippen molar-refractivity contribution in [1.82, 2.24) is 0 Å². The average Bonchev–Trinajstić information content (AvgIpc) is 3.62. The van der Waals surface area contributed by atoms with Gasteiger partial charge in [0.25, 0.3) is 23.7 Å². The van der Waals surface area contributed by atoms with E-state index >= 15 is 0 Å². The van der Waals surface area contributed by atoms with E-state index in [2.05, 4.69) is 0 Å². The summed E-state index contributed by atoms with van der Waals surface area (Å²) >= 11 is 0. The molecular formula is C36H36F12. The van der Waals surface area contributed by atoms with Crippen molar-refractivity contribution in [2.75, 3.05) is 0 Å². The van der Waals surface area contributed by atoms with Gasteiger partial charge in [-0.2, -0.15) is 17.6 Å². The van der Waals surface area contributed by atoms with Crippen LogP contribution in [0.25, 0.3) is 12.2 Å². The first-order valence-corrected chi connectivity index (χ1v) is 16.4. The lowest BCUT2D eigenvalue weighted by atomic mass is 9.94. The van der Waals surface area contributed by atoms with Gasteiger partial charge in [-0.1, -0.05) is 53.4 Å². The number of allylic oxidation sites excluding steroid dienone is 2. The highest BCUT2D eigenvalue weighted by atomic mass is 19.3. The molecule has 2 aromatic carbocycles. The molecule has 2 atom stereocenters. The third-order valence-electron chi connectivity index (χ3n) is 10.0. The highest BCUT2D eigenvalue weighted by Gasteiger charge is 2.58. The van der Waals surface area contributed by atoms with Gasteiger partial charge in [0.05, 0.1) is 22.3 Å². The van der Waals surface area contributed by atoms with Crippen molar-refractivity contribution >= 4 is 12.2 Å². The molecule has 2 aromatic rings. The van der Waals surface area contributed by atoms with Crippen LogP contribution in [0.2, 0.25) is 0 Å². The third-order valence-corrected chi connectivity index (χ3v) is 10.0. The topological polar surface area (TPSA) is 0 Å². The van der Waals surface area contributed by atoms with Crippen LogP contribution in [0.1, 0.15) is 124 Å². The number of benzene rings is 2. The maximum absolute atomic E-state index is 14.5. The van der Waals surface area contributed by atoms with Crippen molar-refractivity contribution in [2.24, 2.45) is 11.8 Å². The molecule has 0 spiro atoms. The molecule has 6 rings (SSSR count). The fourth-order valence-electron chi connectivity index (χ4n) is 7.84. The van der Waals surface area contributed by atoms with Crippen LogP contribution in [0.4, 0.5) is 52.7 Å². The van der Waals surface area contributed by atoms with Gasteiger partial charge in [0.15, 0.2) is 23.3 Å². The first kappa shape index (κ1) is 36.4. The summed E-state index contributed by atoms with van der Waals surface area (Å²) in [5.74, 6) is -24.0. The summed E-state index contributed by atoms with van der Waals surface area (Å²) in [5.41, 5.74) is -5.73. The number of hydrogen-bond donors (Lipinski definition) is 0. The van der Waals surface area contributed by atoms with Crippen LogP contribution in [0.15, 0.2) is 11.1 Å². The van der Waals surface area contributed by atoms with Crippen molar-refractivity contribution in [3.63, 3.8) is 0 Å². The van der Waals surface area contributed by atoms with Gasteiger partial charge in [0, 0.05) is 23.0 Å². The molecule has 12 heteroatoms. The van der Waals surface area contributed by atoms with Crippen LogP contribution >= 0.6 is 0 Å². The number of halogens is 12. The lowest BCUT2D eigenvalue weighted by molar-refractivity contribution is -0.0616. The van der Waals surface area contributed by atoms with E-state index in [0.717, 1.165) is 12.2 Å². The molecule has 2 unspecified atom stereocenters. The molecule has 264 valence electrons. The second kappa shape index (κ2) is 12.4. The van der Waals surface area contributed by atoms with E-state index < -0.39 is 81.0 Å². The molecule has 0 aromatic heterocycles. The normalized spacial score (nSPS) is 23.2. The van der Waals surface area contributed by atoms with Crippen molar-refractivity contribution in [3.8, 4) is 0 Å². The summed E-state index contributed by atoms with van der Waals surface area (Å²) in [7, 11) is 0. The van der Waals surface area contributed by atoms with E-state index in [-0.39, 0.29) is 71.9 Å². The Kier molecular flexibility index (Phi) is 9.43. The summed E-state index contributed by atoms with van der Waals surface area (Å²) < 4.78 is 173. The molecule has 0 N–H and O–H groups in total. The van der Waals surface area contributed by atoms with E-state index in [1.165, 1.54) is 0 Å². The zero-order valence-corrected chi connectivity index (χ0v) is 26.9. The molecule has 0 amide bonds. The molecule has 0 bridgehead atoms. The summed E-state index contributed by atoms with van der Waals surface area (Å²) in [5, 5.41) is 0. The Morgan fingerprint density at radius 2 is 0.812 bits per heavy atom. The van der Waals surface area contributed by atoms with Gasteiger partial charge in [0.2, 0.25) is 0 Å². The fourth-order valence-corrected chi connectivity index (χ4v) is 7.84. The summed E-state index contributed by atoms with van der Waals surface area (Å²) in [6.07, 6.45) is 3.73. The van der Waals surface area contributed by atoms with Gasteiger partial charge in [0.1, 0.15) is 0 Å². The van der Waals surface area contributed by atoms with E-state index in [1.807, 2.05) is 0 Å². The molecule has 0 saturated heterocycles. The minimum absolute atomic E-state index is 0.0144. The van der Waals surface area contributed by atoms with Crippen molar-refractivity contribution in [3.05, 3.63) is 78.9 Å². The first-order chi connectivity index (χ1) is 22.3. The monoisotopic (exact) mass is 696 g/mol. The van der Waals surface area contributed by atoms with Crippen LogP contribution in [-0.2, 0) is 36.5 Å². The van der Waals surface area contributed by atoms with E-state index in [4.69, 9.17) is 0 Å². The minimum atomic E-state index is -3.68. The van der Waals surface area contributed by atoms with E-state index in [0.29, 0.717) is 25.7 Å². The predicted octanol–water partition coefficient (Wildman–Crippen LogP) is 12.6. The molecule has 0 fully saturated rings. The van der Waals surface area contributed by atoms with Crippen molar-refractivity contribution < 1.29 is 52.7 Å². The molecule has 4 aliphatic rings. The Morgan fingerprint density at radius 3 is 1.10 bits per heavy atom. The van der Waals surface area contributed by atoms with E-state index in [1.54, 1.807) is 27.7 Å². The van der Waals surface area contributed by atoms with E-state index in [9.17, 15) is 52.7 Å². The number of rotatable bonds is 8. The highest BCUT2D eigenvalue weighted by Crippen LogP contribution is 2.58. The Labute approximate surface area is 271 Å². The minimum Gasteiger partial charge on any atom is -0.203 e. The summed E-state index contributed by atoms with van der Waals surface area (Å²) in [4.78, 5) is 0. The van der Waals surface area contributed by atoms with Crippen LogP contribution in [0.5, 0.6) is 0 Å². The van der Waals surface area contributed by atoms with Gasteiger partial charge in [-0.3, -0.25) is 0 Å². The standard InChI is InChI=1S/C18H20F6.C18H16F6/c2*1-3-5-9-7-11-12-8-10(6-4-2)18(23,24)14(12)16(20)15(19)13(11)17(9,21)22/h9-10H,3-8H2,1-2H3;7-8H,3-6H2,1-2H3. The molecule has 0 nitrogen and oxygen atoms in total. The highest BCUT2D eigenvalue weighted by molar-refractivity contribution is 5.82. The van der Waals surface area contributed by atoms with Crippen LogP contribution in [-0.4, -0.2) is 0 Å². The Hall–Kier alpha value is -2.92. The lowest BCUT2D eigenvalue weighted by Crippen LogP contribution is -2.24. The average molecular weight is 697 g/mol. The number of fused-ring (bicyclic) bond motifs is 6. The van der Waals surface area contributed by atoms with Gasteiger partial charge >= 0.3 is 0 Å². The third kappa shape index (κ3) is 5.20. The molecule has 0 heterocycles. The number of hydrogen-bond acceptors (Lipinski definition) is 0. The second-order valence-electron chi connectivity index (χ2n) is 13.2.